The third kappa shape index (κ3) is 3.41. The van der Waals surface area contributed by atoms with Crippen LogP contribution in [-0.4, -0.2) is 75.4 Å². The Balaban J connectivity index is 1.46. The van der Waals surface area contributed by atoms with Gasteiger partial charge in [0.1, 0.15) is 0 Å². The lowest BCUT2D eigenvalue weighted by atomic mass is 9.99. The minimum Gasteiger partial charge on any atom is -0.379 e. The van der Waals surface area contributed by atoms with Crippen molar-refractivity contribution in [1.82, 2.24) is 30.0 Å². The fourth-order valence-electron chi connectivity index (χ4n) is 4.01. The Kier molecular flexibility index (Phi) is 4.59. The van der Waals surface area contributed by atoms with Gasteiger partial charge in [-0.1, -0.05) is 6.42 Å². The molecule has 0 unspecified atom stereocenters. The van der Waals surface area contributed by atoms with Crippen molar-refractivity contribution < 1.29 is 4.74 Å². The first-order chi connectivity index (χ1) is 11.3. The molecule has 7 heteroatoms. The van der Waals surface area contributed by atoms with Crippen LogP contribution in [0.1, 0.15) is 56.9 Å². The van der Waals surface area contributed by atoms with Crippen molar-refractivity contribution >= 4 is 0 Å². The summed E-state index contributed by atoms with van der Waals surface area (Å²) in [5, 5.41) is 12.5. The molecule has 128 valence electrons. The summed E-state index contributed by atoms with van der Waals surface area (Å²) in [5.74, 6) is 1.06. The second-order valence-corrected chi connectivity index (χ2v) is 7.19. The lowest BCUT2D eigenvalue weighted by molar-refractivity contribution is 0.00785. The minimum absolute atomic E-state index is 0.303. The van der Waals surface area contributed by atoms with Gasteiger partial charge in [-0.15, -0.1) is 5.10 Å². The van der Waals surface area contributed by atoms with Gasteiger partial charge in [0.25, 0.3) is 0 Å². The van der Waals surface area contributed by atoms with Crippen LogP contribution in [0.15, 0.2) is 0 Å². The zero-order valence-corrected chi connectivity index (χ0v) is 14.1. The molecule has 0 N–H and O–H groups in total. The van der Waals surface area contributed by atoms with E-state index >= 15 is 0 Å². The van der Waals surface area contributed by atoms with Crippen LogP contribution in [0.3, 0.4) is 0 Å². The Morgan fingerprint density at radius 1 is 1.13 bits per heavy atom. The summed E-state index contributed by atoms with van der Waals surface area (Å²) in [5.41, 5.74) is 0. The van der Waals surface area contributed by atoms with E-state index in [1.54, 1.807) is 0 Å². The molecule has 2 atom stereocenters. The molecular formula is C16H28N6O. The summed E-state index contributed by atoms with van der Waals surface area (Å²) in [6.07, 6.45) is 6.36. The summed E-state index contributed by atoms with van der Waals surface area (Å²) in [4.78, 5) is 5.20. The van der Waals surface area contributed by atoms with E-state index in [-0.39, 0.29) is 0 Å². The number of likely N-dealkylation sites (tertiary alicyclic amines) is 1. The zero-order valence-electron chi connectivity index (χ0n) is 14.1. The highest BCUT2D eigenvalue weighted by Crippen LogP contribution is 2.37. The molecule has 4 rings (SSSR count). The summed E-state index contributed by atoms with van der Waals surface area (Å²) in [6.45, 7) is 8.48. The predicted molar refractivity (Wildman–Crippen MR) is 86.1 cm³/mol. The maximum atomic E-state index is 5.49. The van der Waals surface area contributed by atoms with Crippen molar-refractivity contribution in [3.05, 3.63) is 5.82 Å². The lowest BCUT2D eigenvalue weighted by Gasteiger charge is -2.42. The van der Waals surface area contributed by atoms with Crippen LogP contribution >= 0.6 is 0 Å². The van der Waals surface area contributed by atoms with Gasteiger partial charge in [0, 0.05) is 25.7 Å². The first kappa shape index (κ1) is 15.5. The standard InChI is InChI=1S/C16H28N6O/c1-13(16-17-18-19-22(16)14-5-6-14)21-7-3-2-4-15(21)12-20-8-10-23-11-9-20/h13-15H,2-12H2,1H3/t13-,15-/m0/s1. The van der Waals surface area contributed by atoms with Gasteiger partial charge < -0.3 is 4.74 Å². The number of hydrogen-bond donors (Lipinski definition) is 0. The molecule has 3 aliphatic rings. The van der Waals surface area contributed by atoms with E-state index < -0.39 is 0 Å². The molecular weight excluding hydrogens is 292 g/mol. The molecule has 23 heavy (non-hydrogen) atoms. The van der Waals surface area contributed by atoms with Gasteiger partial charge in [0.2, 0.25) is 0 Å². The Morgan fingerprint density at radius 3 is 2.74 bits per heavy atom. The van der Waals surface area contributed by atoms with Gasteiger partial charge >= 0.3 is 0 Å². The Morgan fingerprint density at radius 2 is 1.96 bits per heavy atom. The van der Waals surface area contributed by atoms with Gasteiger partial charge in [-0.2, -0.15) is 0 Å². The fraction of sp³-hybridized carbons (Fsp3) is 0.938. The van der Waals surface area contributed by atoms with E-state index in [1.165, 1.54) is 32.1 Å². The second-order valence-electron chi connectivity index (χ2n) is 7.19. The third-order valence-electron chi connectivity index (χ3n) is 5.53. The molecule has 0 aromatic carbocycles. The number of aromatic nitrogens is 4. The van der Waals surface area contributed by atoms with E-state index in [4.69, 9.17) is 4.74 Å². The van der Waals surface area contributed by atoms with Crippen LogP contribution in [0.2, 0.25) is 0 Å². The maximum absolute atomic E-state index is 5.49. The van der Waals surface area contributed by atoms with Crippen molar-refractivity contribution in [3.63, 3.8) is 0 Å². The molecule has 2 saturated heterocycles. The van der Waals surface area contributed by atoms with Gasteiger partial charge in [-0.05, 0) is 49.6 Å². The Hall–Kier alpha value is -1.05. The highest BCUT2D eigenvalue weighted by molar-refractivity contribution is 4.99. The molecule has 1 aromatic rings. The molecule has 7 nitrogen and oxygen atoms in total. The van der Waals surface area contributed by atoms with Crippen LogP contribution in [-0.2, 0) is 4.74 Å². The summed E-state index contributed by atoms with van der Waals surface area (Å²) >= 11 is 0. The third-order valence-corrected chi connectivity index (χ3v) is 5.53. The summed E-state index contributed by atoms with van der Waals surface area (Å²) in [7, 11) is 0. The van der Waals surface area contributed by atoms with Crippen molar-refractivity contribution in [2.24, 2.45) is 0 Å². The van der Waals surface area contributed by atoms with Crippen LogP contribution in [0.4, 0.5) is 0 Å². The quantitative estimate of drug-likeness (QED) is 0.814. The normalized spacial score (nSPS) is 28.8. The molecule has 0 spiro atoms. The second kappa shape index (κ2) is 6.83. The van der Waals surface area contributed by atoms with Gasteiger partial charge in [-0.3, -0.25) is 9.80 Å². The van der Waals surface area contributed by atoms with Crippen LogP contribution < -0.4 is 0 Å². The first-order valence-electron chi connectivity index (χ1n) is 9.16. The number of rotatable bonds is 5. The van der Waals surface area contributed by atoms with E-state index in [1.807, 2.05) is 0 Å². The van der Waals surface area contributed by atoms with Gasteiger partial charge in [-0.25, -0.2) is 4.68 Å². The lowest BCUT2D eigenvalue weighted by Crippen LogP contribution is -2.50. The van der Waals surface area contributed by atoms with Crippen LogP contribution in [0.25, 0.3) is 0 Å². The molecule has 2 aliphatic heterocycles. The molecule has 3 heterocycles. The summed E-state index contributed by atoms with van der Waals surface area (Å²) < 4.78 is 7.56. The highest BCUT2D eigenvalue weighted by atomic mass is 16.5. The number of tetrazole rings is 1. The molecule has 1 saturated carbocycles. The Labute approximate surface area is 138 Å². The Bertz CT molecular complexity index is 510. The van der Waals surface area contributed by atoms with Crippen LogP contribution in [0, 0.1) is 0 Å². The van der Waals surface area contributed by atoms with Crippen LogP contribution in [0.5, 0.6) is 0 Å². The monoisotopic (exact) mass is 320 g/mol. The molecule has 0 amide bonds. The average Bonchev–Trinajstić information content (AvgIpc) is 3.32. The van der Waals surface area contributed by atoms with E-state index in [0.29, 0.717) is 18.1 Å². The van der Waals surface area contributed by atoms with E-state index in [0.717, 1.165) is 45.2 Å². The average molecular weight is 320 g/mol. The van der Waals surface area contributed by atoms with E-state index in [2.05, 4.69) is 36.9 Å². The van der Waals surface area contributed by atoms with Crippen molar-refractivity contribution in [1.29, 1.82) is 0 Å². The minimum atomic E-state index is 0.303. The molecule has 1 aliphatic carbocycles. The smallest absolute Gasteiger partial charge is 0.168 e. The van der Waals surface area contributed by atoms with Crippen molar-refractivity contribution in [3.8, 4) is 0 Å². The number of ether oxygens (including phenoxy) is 1. The first-order valence-corrected chi connectivity index (χ1v) is 9.16. The van der Waals surface area contributed by atoms with Gasteiger partial charge in [0.15, 0.2) is 5.82 Å². The number of morpholine rings is 1. The predicted octanol–water partition coefficient (Wildman–Crippen LogP) is 1.26. The maximum Gasteiger partial charge on any atom is 0.168 e. The molecule has 1 aromatic heterocycles. The largest absolute Gasteiger partial charge is 0.379 e. The summed E-state index contributed by atoms with van der Waals surface area (Å²) in [6, 6.07) is 1.46. The number of hydrogen-bond acceptors (Lipinski definition) is 6. The van der Waals surface area contributed by atoms with Crippen molar-refractivity contribution in [2.45, 2.75) is 57.2 Å². The topological polar surface area (TPSA) is 59.3 Å². The molecule has 0 radical (unpaired) electrons. The fourth-order valence-corrected chi connectivity index (χ4v) is 4.01. The van der Waals surface area contributed by atoms with Crippen molar-refractivity contribution in [2.75, 3.05) is 39.4 Å². The number of nitrogens with zero attached hydrogens (tertiary/aromatic N) is 6. The molecule has 3 fully saturated rings. The van der Waals surface area contributed by atoms with Gasteiger partial charge in [0.05, 0.1) is 25.3 Å². The zero-order chi connectivity index (χ0) is 15.6. The SMILES string of the molecule is C[C@@H](c1nnnn1C1CC1)N1CCCC[C@H]1CN1CCOCC1. The van der Waals surface area contributed by atoms with E-state index in [9.17, 15) is 0 Å². The highest BCUT2D eigenvalue weighted by Gasteiger charge is 2.35. The molecule has 0 bridgehead atoms. The number of piperidine rings is 1.